The molecule has 8 heteroatoms. The Bertz CT molecular complexity index is 927. The highest BCUT2D eigenvalue weighted by molar-refractivity contribution is 14.1. The number of rotatable bonds is 6. The summed E-state index contributed by atoms with van der Waals surface area (Å²) in [5.74, 6) is -0.692. The number of nitrogens with one attached hydrogen (secondary N) is 2. The van der Waals surface area contributed by atoms with Crippen molar-refractivity contribution < 1.29 is 19.4 Å². The van der Waals surface area contributed by atoms with E-state index in [4.69, 9.17) is 4.74 Å². The lowest BCUT2D eigenvalue weighted by Crippen LogP contribution is -2.37. The van der Waals surface area contributed by atoms with E-state index in [1.54, 1.807) is 30.5 Å². The van der Waals surface area contributed by atoms with Crippen LogP contribution in [0.1, 0.15) is 35.0 Å². The Balaban J connectivity index is 1.76. The van der Waals surface area contributed by atoms with E-state index in [0.29, 0.717) is 41.3 Å². The number of halogens is 1. The van der Waals surface area contributed by atoms with Gasteiger partial charge in [-0.05, 0) is 59.3 Å². The highest BCUT2D eigenvalue weighted by atomic mass is 127. The van der Waals surface area contributed by atoms with Gasteiger partial charge in [0.15, 0.2) is 5.75 Å². The molecule has 140 valence electrons. The van der Waals surface area contributed by atoms with Gasteiger partial charge in [0.05, 0.1) is 24.4 Å². The minimum atomic E-state index is -0.457. The average Bonchev–Trinajstić information content (AvgIpc) is 2.63. The minimum absolute atomic E-state index is 0.170. The fourth-order valence-electron chi connectivity index (χ4n) is 2.60. The first-order valence-corrected chi connectivity index (χ1v) is 9.48. The summed E-state index contributed by atoms with van der Waals surface area (Å²) >= 11 is 2.13. The molecule has 1 aliphatic rings. The summed E-state index contributed by atoms with van der Waals surface area (Å²) in [6.45, 7) is 2.78. The smallest absolute Gasteiger partial charge is 0.260 e. The molecule has 1 aliphatic heterocycles. The van der Waals surface area contributed by atoms with E-state index in [2.05, 4.69) is 38.2 Å². The zero-order chi connectivity index (χ0) is 19.4. The SMILES string of the molecule is CCCOc1ccc(CN/C=C2/C(=O)NC(=O)c3ccc(I)cc32)nc1O. The molecule has 2 amide bonds. The van der Waals surface area contributed by atoms with Crippen molar-refractivity contribution in [2.24, 2.45) is 0 Å². The molecule has 0 aliphatic carbocycles. The molecule has 0 fully saturated rings. The predicted molar refractivity (Wildman–Crippen MR) is 108 cm³/mol. The number of aromatic hydroxyl groups is 1. The molecule has 0 bridgehead atoms. The molecule has 0 unspecified atom stereocenters. The number of benzene rings is 1. The maximum atomic E-state index is 12.2. The minimum Gasteiger partial charge on any atom is -0.491 e. The molecule has 2 heterocycles. The Morgan fingerprint density at radius 2 is 2.04 bits per heavy atom. The van der Waals surface area contributed by atoms with Crippen LogP contribution in [0.3, 0.4) is 0 Å². The largest absolute Gasteiger partial charge is 0.491 e. The van der Waals surface area contributed by atoms with E-state index in [0.717, 1.165) is 9.99 Å². The van der Waals surface area contributed by atoms with Crippen molar-refractivity contribution in [3.8, 4) is 11.6 Å². The number of nitrogens with zero attached hydrogens (tertiary/aromatic N) is 1. The lowest BCUT2D eigenvalue weighted by atomic mass is 9.96. The lowest BCUT2D eigenvalue weighted by molar-refractivity contribution is -0.114. The Hall–Kier alpha value is -2.62. The summed E-state index contributed by atoms with van der Waals surface area (Å²) in [4.78, 5) is 28.2. The number of aromatic nitrogens is 1. The molecule has 3 rings (SSSR count). The quantitative estimate of drug-likeness (QED) is 0.335. The molecule has 2 aromatic rings. The highest BCUT2D eigenvalue weighted by Crippen LogP contribution is 2.26. The fraction of sp³-hybridized carbons (Fsp3) is 0.211. The maximum Gasteiger partial charge on any atom is 0.260 e. The molecule has 1 aromatic carbocycles. The second-order valence-corrected chi connectivity index (χ2v) is 7.13. The number of imide groups is 1. The van der Waals surface area contributed by atoms with Crippen LogP contribution >= 0.6 is 22.6 Å². The number of hydrogen-bond donors (Lipinski definition) is 3. The number of ether oxygens (including phenoxy) is 1. The van der Waals surface area contributed by atoms with Crippen molar-refractivity contribution in [1.82, 2.24) is 15.6 Å². The van der Waals surface area contributed by atoms with E-state index in [9.17, 15) is 14.7 Å². The molecular formula is C19H18IN3O4. The first-order chi connectivity index (χ1) is 13.0. The predicted octanol–water partition coefficient (Wildman–Crippen LogP) is 2.58. The molecule has 0 atom stereocenters. The van der Waals surface area contributed by atoms with Crippen molar-refractivity contribution in [3.63, 3.8) is 0 Å². The first kappa shape index (κ1) is 19.2. The molecular weight excluding hydrogens is 461 g/mol. The molecule has 3 N–H and O–H groups in total. The third kappa shape index (κ3) is 4.38. The van der Waals surface area contributed by atoms with Gasteiger partial charge >= 0.3 is 0 Å². The van der Waals surface area contributed by atoms with Crippen molar-refractivity contribution in [2.45, 2.75) is 19.9 Å². The highest BCUT2D eigenvalue weighted by Gasteiger charge is 2.27. The van der Waals surface area contributed by atoms with Crippen LogP contribution in [0, 0.1) is 3.57 Å². The van der Waals surface area contributed by atoms with Gasteiger partial charge in [0.25, 0.3) is 17.7 Å². The average molecular weight is 479 g/mol. The Morgan fingerprint density at radius 3 is 2.78 bits per heavy atom. The standard InChI is InChI=1S/C19H18IN3O4/c1-2-7-27-16-6-4-12(22-19(16)26)9-21-10-15-14-8-11(20)3-5-13(14)17(24)23-18(15)25/h3-6,8,10,21H,2,7,9H2,1H3,(H,22,26)(H,23,24,25)/b15-10+. The van der Waals surface area contributed by atoms with Gasteiger partial charge in [0.1, 0.15) is 0 Å². The number of carbonyl (C=O) groups is 2. The van der Waals surface area contributed by atoms with E-state index in [1.165, 1.54) is 0 Å². The van der Waals surface area contributed by atoms with E-state index >= 15 is 0 Å². The zero-order valence-corrected chi connectivity index (χ0v) is 16.7. The maximum absolute atomic E-state index is 12.2. The number of pyridine rings is 1. The molecule has 0 saturated heterocycles. The summed E-state index contributed by atoms with van der Waals surface area (Å²) in [5.41, 5.74) is 2.00. The third-order valence-electron chi connectivity index (χ3n) is 3.88. The van der Waals surface area contributed by atoms with Crippen LogP contribution in [0.2, 0.25) is 0 Å². The zero-order valence-electron chi connectivity index (χ0n) is 14.6. The van der Waals surface area contributed by atoms with Gasteiger partial charge in [-0.1, -0.05) is 6.92 Å². The van der Waals surface area contributed by atoms with Gasteiger partial charge in [-0.25, -0.2) is 4.98 Å². The van der Waals surface area contributed by atoms with Gasteiger partial charge < -0.3 is 15.2 Å². The van der Waals surface area contributed by atoms with Gasteiger partial charge in [0.2, 0.25) is 0 Å². The van der Waals surface area contributed by atoms with Crippen LogP contribution in [0.5, 0.6) is 11.6 Å². The topological polar surface area (TPSA) is 101 Å². The second kappa shape index (κ2) is 8.38. The Morgan fingerprint density at radius 1 is 1.22 bits per heavy atom. The molecule has 27 heavy (non-hydrogen) atoms. The fourth-order valence-corrected chi connectivity index (χ4v) is 3.09. The molecule has 0 radical (unpaired) electrons. The van der Waals surface area contributed by atoms with E-state index in [-0.39, 0.29) is 5.88 Å². The monoisotopic (exact) mass is 479 g/mol. The summed E-state index contributed by atoms with van der Waals surface area (Å²) in [5, 5.41) is 15.3. The summed E-state index contributed by atoms with van der Waals surface area (Å²) in [6, 6.07) is 8.70. The first-order valence-electron chi connectivity index (χ1n) is 8.40. The van der Waals surface area contributed by atoms with Gasteiger partial charge in [0, 0.05) is 20.9 Å². The molecule has 0 saturated carbocycles. The van der Waals surface area contributed by atoms with Crippen LogP contribution in [0.4, 0.5) is 0 Å². The Labute approximate surface area is 170 Å². The van der Waals surface area contributed by atoms with E-state index in [1.807, 2.05) is 13.0 Å². The molecule has 1 aromatic heterocycles. The summed E-state index contributed by atoms with van der Waals surface area (Å²) < 4.78 is 6.31. The van der Waals surface area contributed by atoms with Crippen LogP contribution in [0.25, 0.3) is 5.57 Å². The number of hydrogen-bond acceptors (Lipinski definition) is 6. The van der Waals surface area contributed by atoms with Gasteiger partial charge in [-0.15, -0.1) is 0 Å². The lowest BCUT2D eigenvalue weighted by Gasteiger charge is -2.18. The van der Waals surface area contributed by atoms with Crippen molar-refractivity contribution in [1.29, 1.82) is 0 Å². The molecule has 0 spiro atoms. The number of amides is 2. The number of carbonyl (C=O) groups excluding carboxylic acids is 2. The third-order valence-corrected chi connectivity index (χ3v) is 4.55. The van der Waals surface area contributed by atoms with Crippen molar-refractivity contribution in [3.05, 3.63) is 56.9 Å². The Kier molecular flexibility index (Phi) is 5.94. The van der Waals surface area contributed by atoms with Crippen LogP contribution < -0.4 is 15.4 Å². The van der Waals surface area contributed by atoms with Crippen molar-refractivity contribution in [2.75, 3.05) is 6.61 Å². The normalized spacial score (nSPS) is 14.7. The van der Waals surface area contributed by atoms with Crippen LogP contribution in [-0.2, 0) is 11.3 Å². The molecule has 7 nitrogen and oxygen atoms in total. The summed E-state index contributed by atoms with van der Waals surface area (Å²) in [6.07, 6.45) is 2.39. The van der Waals surface area contributed by atoms with Gasteiger partial charge in [-0.3, -0.25) is 14.9 Å². The summed E-state index contributed by atoms with van der Waals surface area (Å²) in [7, 11) is 0. The number of fused-ring (bicyclic) bond motifs is 1. The van der Waals surface area contributed by atoms with Crippen molar-refractivity contribution >= 4 is 40.0 Å². The second-order valence-electron chi connectivity index (χ2n) is 5.88. The van der Waals surface area contributed by atoms with E-state index < -0.39 is 11.8 Å². The van der Waals surface area contributed by atoms with Crippen LogP contribution in [-0.4, -0.2) is 28.5 Å². The van der Waals surface area contributed by atoms with Gasteiger partial charge in [-0.2, -0.15) is 0 Å². The van der Waals surface area contributed by atoms with Crippen LogP contribution in [0.15, 0.2) is 36.5 Å².